The molecule has 1 aliphatic rings. The lowest BCUT2D eigenvalue weighted by Crippen LogP contribution is -2.45. The van der Waals surface area contributed by atoms with Gasteiger partial charge < -0.3 is 26.2 Å². The first kappa shape index (κ1) is 29.7. The van der Waals surface area contributed by atoms with Gasteiger partial charge in [0.15, 0.2) is 11.5 Å². The van der Waals surface area contributed by atoms with Crippen molar-refractivity contribution in [3.8, 4) is 0 Å². The van der Waals surface area contributed by atoms with Crippen molar-refractivity contribution in [2.45, 2.75) is 51.5 Å². The first-order valence-corrected chi connectivity index (χ1v) is 13.1. The topological polar surface area (TPSA) is 134 Å². The molecule has 1 aliphatic carbocycles. The zero-order chi connectivity index (χ0) is 28.7. The molecule has 1 aromatic carbocycles. The van der Waals surface area contributed by atoms with E-state index in [1.165, 1.54) is 23.1 Å². The number of hydrogen-bond acceptors (Lipinski definition) is 7. The average Bonchev–Trinajstić information content (AvgIpc) is 3.72. The van der Waals surface area contributed by atoms with Crippen LogP contribution in [0.15, 0.2) is 30.4 Å². The van der Waals surface area contributed by atoms with Crippen molar-refractivity contribution in [1.29, 1.82) is 0 Å². The van der Waals surface area contributed by atoms with Crippen molar-refractivity contribution in [3.63, 3.8) is 0 Å². The third-order valence-electron chi connectivity index (χ3n) is 6.50. The number of rotatable bonds is 13. The van der Waals surface area contributed by atoms with Gasteiger partial charge in [-0.25, -0.2) is 14.4 Å². The van der Waals surface area contributed by atoms with Crippen molar-refractivity contribution >= 4 is 29.2 Å². The number of amides is 3. The number of hydrogen-bond donors (Lipinski definition) is 3. The molecule has 0 unspecified atom stereocenters. The van der Waals surface area contributed by atoms with Crippen LogP contribution in [0.1, 0.15) is 60.0 Å². The molecule has 11 heteroatoms. The van der Waals surface area contributed by atoms with Crippen molar-refractivity contribution < 1.29 is 18.8 Å². The number of likely N-dealkylation sites (N-methyl/N-ethyl adjacent to an activating group) is 2. The van der Waals surface area contributed by atoms with E-state index in [4.69, 9.17) is 5.73 Å². The highest BCUT2D eigenvalue weighted by atomic mass is 19.1. The van der Waals surface area contributed by atoms with Gasteiger partial charge in [0.25, 0.3) is 5.91 Å². The van der Waals surface area contributed by atoms with Crippen molar-refractivity contribution in [1.82, 2.24) is 25.1 Å². The molecule has 4 N–H and O–H groups in total. The molecule has 210 valence electrons. The largest absolute Gasteiger partial charge is 0.364 e. The van der Waals surface area contributed by atoms with E-state index in [0.29, 0.717) is 36.6 Å². The number of nitrogens with two attached hydrogens (primary N) is 1. The smallest absolute Gasteiger partial charge is 0.271 e. The van der Waals surface area contributed by atoms with Crippen molar-refractivity contribution in [2.75, 3.05) is 39.5 Å². The number of benzene rings is 1. The Hall–Kier alpha value is -3.86. The molecule has 39 heavy (non-hydrogen) atoms. The molecule has 2 aromatic rings. The van der Waals surface area contributed by atoms with E-state index < -0.39 is 17.8 Å². The van der Waals surface area contributed by atoms with Crippen molar-refractivity contribution in [3.05, 3.63) is 58.8 Å². The molecular formula is C28H38FN7O3. The Morgan fingerprint density at radius 1 is 1.18 bits per heavy atom. The molecular weight excluding hydrogens is 501 g/mol. The van der Waals surface area contributed by atoms with Gasteiger partial charge >= 0.3 is 0 Å². The number of nitrogens with one attached hydrogen (secondary N) is 2. The predicted molar refractivity (Wildman–Crippen MR) is 148 cm³/mol. The molecule has 0 aliphatic heterocycles. The van der Waals surface area contributed by atoms with Crippen LogP contribution in [-0.2, 0) is 22.4 Å². The highest BCUT2D eigenvalue weighted by molar-refractivity contribution is 5.96. The summed E-state index contributed by atoms with van der Waals surface area (Å²) in [5, 5.41) is 5.82. The van der Waals surface area contributed by atoms with Crippen LogP contribution in [-0.4, -0.2) is 77.8 Å². The molecule has 1 atom stereocenters. The van der Waals surface area contributed by atoms with Gasteiger partial charge in [0.1, 0.15) is 11.9 Å². The lowest BCUT2D eigenvalue weighted by atomic mass is 10.1. The van der Waals surface area contributed by atoms with E-state index in [9.17, 15) is 18.8 Å². The maximum absolute atomic E-state index is 14.5. The molecule has 0 spiro atoms. The van der Waals surface area contributed by atoms with Gasteiger partial charge in [-0.15, -0.1) is 0 Å². The zero-order valence-corrected chi connectivity index (χ0v) is 23.3. The van der Waals surface area contributed by atoms with Crippen LogP contribution < -0.4 is 16.4 Å². The Morgan fingerprint density at radius 2 is 1.90 bits per heavy atom. The monoisotopic (exact) mass is 539 g/mol. The van der Waals surface area contributed by atoms with Crippen LogP contribution in [0.5, 0.6) is 0 Å². The molecule has 0 bridgehead atoms. The molecule has 1 heterocycles. The zero-order valence-electron chi connectivity index (χ0n) is 23.3. The van der Waals surface area contributed by atoms with Crippen molar-refractivity contribution in [2.24, 2.45) is 5.73 Å². The van der Waals surface area contributed by atoms with E-state index in [2.05, 4.69) is 20.6 Å². The quantitative estimate of drug-likeness (QED) is 0.333. The molecule has 1 aromatic heterocycles. The normalized spacial score (nSPS) is 13.9. The van der Waals surface area contributed by atoms with E-state index in [1.54, 1.807) is 26.1 Å². The lowest BCUT2D eigenvalue weighted by molar-refractivity contribution is -0.135. The predicted octanol–water partition coefficient (Wildman–Crippen LogP) is 2.52. The molecule has 3 amide bonds. The minimum absolute atomic E-state index is 0.0125. The molecule has 10 nitrogen and oxygen atoms in total. The number of nitrogens with zero attached hydrogens (tertiary/aromatic N) is 4. The fourth-order valence-electron chi connectivity index (χ4n) is 4.02. The number of halogens is 1. The highest BCUT2D eigenvalue weighted by Gasteiger charge is 2.30. The van der Waals surface area contributed by atoms with Crippen LogP contribution in [0.25, 0.3) is 0 Å². The summed E-state index contributed by atoms with van der Waals surface area (Å²) in [6, 6.07) is 3.72. The second-order valence-corrected chi connectivity index (χ2v) is 10.0. The summed E-state index contributed by atoms with van der Waals surface area (Å²) in [5.74, 6) is -1.26. The summed E-state index contributed by atoms with van der Waals surface area (Å²) in [7, 11) is 5.36. The number of primary amides is 1. The Balaban J connectivity index is 1.65. The van der Waals surface area contributed by atoms with Gasteiger partial charge in [-0.3, -0.25) is 14.4 Å². The fourth-order valence-corrected chi connectivity index (χ4v) is 4.02. The van der Waals surface area contributed by atoms with Crippen LogP contribution >= 0.6 is 0 Å². The Morgan fingerprint density at radius 3 is 2.51 bits per heavy atom. The first-order chi connectivity index (χ1) is 18.5. The third-order valence-corrected chi connectivity index (χ3v) is 6.50. The van der Waals surface area contributed by atoms with E-state index in [1.807, 2.05) is 25.9 Å². The van der Waals surface area contributed by atoms with Gasteiger partial charge in [-0.05, 0) is 70.5 Å². The maximum Gasteiger partial charge on any atom is 0.271 e. The number of aryl methyl sites for hydroxylation is 1. The summed E-state index contributed by atoms with van der Waals surface area (Å²) in [5.41, 5.74) is 8.18. The minimum Gasteiger partial charge on any atom is -0.364 e. The standard InChI is InChI=1S/C28H38FN7O3/c1-6-22-24(19-9-10-19)34-27(25(33-22)26(30)38)32-21-15-18(14-20(29)16-21)11-12-31-28(39)17(2)36(5)23(37)8-7-13-35(3)4/h7-8,14-17,19H,6,9-13H2,1-5H3,(H2,30,38)(H,31,39)(H,32,34)/b8-7+/t17-/m0/s1. The highest BCUT2D eigenvalue weighted by Crippen LogP contribution is 2.41. The van der Waals surface area contributed by atoms with Crippen LogP contribution in [0.2, 0.25) is 0 Å². The second-order valence-electron chi connectivity index (χ2n) is 10.0. The number of aromatic nitrogens is 2. The molecule has 0 saturated heterocycles. The van der Waals surface area contributed by atoms with Gasteiger partial charge in [-0.1, -0.05) is 13.0 Å². The van der Waals surface area contributed by atoms with Gasteiger partial charge in [-0.2, -0.15) is 0 Å². The number of anilines is 2. The van der Waals surface area contributed by atoms with E-state index in [-0.39, 0.29) is 29.9 Å². The Labute approximate surface area is 228 Å². The molecule has 1 fully saturated rings. The number of carbonyl (C=O) groups excluding carboxylic acids is 3. The second kappa shape index (κ2) is 13.3. The minimum atomic E-state index is -0.716. The first-order valence-electron chi connectivity index (χ1n) is 13.1. The molecule has 0 radical (unpaired) electrons. The Bertz CT molecular complexity index is 1240. The lowest BCUT2D eigenvalue weighted by Gasteiger charge is -2.23. The Kier molecular flexibility index (Phi) is 10.1. The fraction of sp³-hybridized carbons (Fsp3) is 0.464. The van der Waals surface area contributed by atoms with Gasteiger partial charge in [0.2, 0.25) is 11.8 Å². The van der Waals surface area contributed by atoms with Gasteiger partial charge in [0, 0.05) is 37.8 Å². The van der Waals surface area contributed by atoms with Crippen LogP contribution in [0.4, 0.5) is 15.9 Å². The van der Waals surface area contributed by atoms with Gasteiger partial charge in [0.05, 0.1) is 11.4 Å². The summed E-state index contributed by atoms with van der Waals surface area (Å²) < 4.78 is 14.5. The van der Waals surface area contributed by atoms with E-state index in [0.717, 1.165) is 24.2 Å². The molecule has 3 rings (SSSR count). The van der Waals surface area contributed by atoms with E-state index >= 15 is 0 Å². The summed E-state index contributed by atoms with van der Waals surface area (Å²) in [4.78, 5) is 49.4. The maximum atomic E-state index is 14.5. The number of carbonyl (C=O) groups is 3. The summed E-state index contributed by atoms with van der Waals surface area (Å²) >= 11 is 0. The molecule has 1 saturated carbocycles. The SMILES string of the molecule is CCc1nc(C(N)=O)c(Nc2cc(F)cc(CCNC(=O)[C@H](C)N(C)C(=O)/C=C/CN(C)C)c2)nc1C1CC1. The van der Waals surface area contributed by atoms with Crippen LogP contribution in [0, 0.1) is 5.82 Å². The summed E-state index contributed by atoms with van der Waals surface area (Å²) in [6.45, 7) is 4.46. The third kappa shape index (κ3) is 8.31. The summed E-state index contributed by atoms with van der Waals surface area (Å²) in [6.07, 6.45) is 6.20. The van der Waals surface area contributed by atoms with Crippen LogP contribution in [0.3, 0.4) is 0 Å². The average molecular weight is 540 g/mol.